The van der Waals surface area contributed by atoms with Gasteiger partial charge in [-0.2, -0.15) is 0 Å². The van der Waals surface area contributed by atoms with Gasteiger partial charge in [-0.05, 0) is 78.2 Å². The maximum absolute atomic E-state index is 6.69. The molecule has 0 unspecified atom stereocenters. The highest BCUT2D eigenvalue weighted by atomic mass is 32.1. The molecule has 0 atom stereocenters. The summed E-state index contributed by atoms with van der Waals surface area (Å²) in [5.41, 5.74) is 9.02. The fourth-order valence-corrected chi connectivity index (χ4v) is 8.92. The number of hydrogen-bond acceptors (Lipinski definition) is 4. The molecule has 0 radical (unpaired) electrons. The van der Waals surface area contributed by atoms with E-state index in [0.717, 1.165) is 55.7 Å². The number of oxazole rings is 1. The zero-order chi connectivity index (χ0) is 34.2. The first-order valence-corrected chi connectivity index (χ1v) is 18.3. The first-order chi connectivity index (χ1) is 25.8. The zero-order valence-electron chi connectivity index (χ0n) is 27.9. The first-order valence-electron chi connectivity index (χ1n) is 17.5. The highest BCUT2D eigenvalue weighted by Crippen LogP contribution is 2.46. The largest absolute Gasteiger partial charge is 0.435 e. The number of rotatable bonds is 5. The summed E-state index contributed by atoms with van der Waals surface area (Å²) in [5, 5.41) is 7.06. The minimum Gasteiger partial charge on any atom is -0.435 e. The second-order valence-corrected chi connectivity index (χ2v) is 14.3. The van der Waals surface area contributed by atoms with Crippen LogP contribution in [0.4, 0.5) is 17.1 Å². The van der Waals surface area contributed by atoms with E-state index >= 15 is 0 Å². The van der Waals surface area contributed by atoms with Gasteiger partial charge in [0.2, 0.25) is 5.89 Å². The third-order valence-electron chi connectivity index (χ3n) is 10.2. The Morgan fingerprint density at radius 2 is 1.15 bits per heavy atom. The number of nitrogens with zero attached hydrogens (tertiary/aromatic N) is 3. The van der Waals surface area contributed by atoms with Gasteiger partial charge in [0.1, 0.15) is 5.52 Å². The summed E-state index contributed by atoms with van der Waals surface area (Å²) >= 11 is 1.83. The summed E-state index contributed by atoms with van der Waals surface area (Å²) in [5.74, 6) is 0.604. The molecule has 52 heavy (non-hydrogen) atoms. The van der Waals surface area contributed by atoms with E-state index in [2.05, 4.69) is 167 Å². The molecule has 4 nitrogen and oxygen atoms in total. The molecule has 0 aliphatic rings. The number of anilines is 3. The summed E-state index contributed by atoms with van der Waals surface area (Å²) in [7, 11) is 0. The van der Waals surface area contributed by atoms with Crippen molar-refractivity contribution in [2.45, 2.75) is 0 Å². The van der Waals surface area contributed by atoms with Crippen LogP contribution in [0.2, 0.25) is 0 Å². The van der Waals surface area contributed by atoms with E-state index < -0.39 is 0 Å². The van der Waals surface area contributed by atoms with E-state index in [1.54, 1.807) is 0 Å². The number of fused-ring (bicyclic) bond motifs is 9. The van der Waals surface area contributed by atoms with Crippen LogP contribution in [0.15, 0.2) is 180 Å². The third kappa shape index (κ3) is 4.43. The molecule has 0 aliphatic heterocycles. The Morgan fingerprint density at radius 3 is 2.02 bits per heavy atom. The number of para-hydroxylation sites is 2. The molecule has 0 saturated carbocycles. The van der Waals surface area contributed by atoms with Crippen molar-refractivity contribution in [2.24, 2.45) is 0 Å². The van der Waals surface area contributed by atoms with Crippen molar-refractivity contribution in [1.29, 1.82) is 0 Å². The van der Waals surface area contributed by atoms with Gasteiger partial charge in [0, 0.05) is 59.0 Å². The van der Waals surface area contributed by atoms with E-state index in [-0.39, 0.29) is 0 Å². The summed E-state index contributed by atoms with van der Waals surface area (Å²) in [4.78, 5) is 7.62. The van der Waals surface area contributed by atoms with Gasteiger partial charge in [0.15, 0.2) is 5.58 Å². The minimum absolute atomic E-state index is 0.604. The number of aromatic nitrogens is 2. The molecule has 0 saturated heterocycles. The molecular weight excluding hydrogens is 655 g/mol. The van der Waals surface area contributed by atoms with Crippen LogP contribution in [0.1, 0.15) is 0 Å². The third-order valence-corrected chi connectivity index (χ3v) is 11.3. The summed E-state index contributed by atoms with van der Waals surface area (Å²) in [6, 6.07) is 62.6. The molecule has 0 aliphatic carbocycles. The highest BCUT2D eigenvalue weighted by Gasteiger charge is 2.24. The molecule has 3 aromatic heterocycles. The molecule has 11 rings (SSSR count). The van der Waals surface area contributed by atoms with Gasteiger partial charge in [-0.3, -0.25) is 0 Å². The summed E-state index contributed by atoms with van der Waals surface area (Å²) in [6.07, 6.45) is 0. The monoisotopic (exact) mass is 683 g/mol. The molecule has 244 valence electrons. The lowest BCUT2D eigenvalue weighted by Crippen LogP contribution is -2.11. The van der Waals surface area contributed by atoms with Crippen LogP contribution in [-0.4, -0.2) is 9.55 Å². The summed E-state index contributed by atoms with van der Waals surface area (Å²) < 4.78 is 11.6. The molecule has 0 bridgehead atoms. The van der Waals surface area contributed by atoms with Crippen LogP contribution in [0.25, 0.3) is 81.0 Å². The highest BCUT2D eigenvalue weighted by molar-refractivity contribution is 7.25. The lowest BCUT2D eigenvalue weighted by Gasteiger charge is -2.26. The van der Waals surface area contributed by atoms with Crippen molar-refractivity contribution in [3.05, 3.63) is 176 Å². The van der Waals surface area contributed by atoms with Gasteiger partial charge in [0.05, 0.1) is 16.7 Å². The Kier molecular flexibility index (Phi) is 6.39. The van der Waals surface area contributed by atoms with Crippen molar-refractivity contribution >= 4 is 92.2 Å². The van der Waals surface area contributed by atoms with Crippen LogP contribution < -0.4 is 4.90 Å². The van der Waals surface area contributed by atoms with E-state index in [4.69, 9.17) is 9.40 Å². The van der Waals surface area contributed by atoms with E-state index in [9.17, 15) is 0 Å². The first kappa shape index (κ1) is 29.1. The molecule has 8 aromatic carbocycles. The van der Waals surface area contributed by atoms with Crippen molar-refractivity contribution in [2.75, 3.05) is 4.90 Å². The molecule has 0 N–H and O–H groups in total. The standard InChI is InChI=1S/C47H29N3OS/c1-3-13-30(14-4-1)47-48-45-42(27-31-15-7-8-18-35(31)46(45)51-47)49(33-24-26-44-39(28-33)38-20-10-12-22-43(38)52-44)34-23-25-37-36-19-9-11-21-40(36)50(41(37)29-34)32-16-5-2-6-17-32/h1-29H. The smallest absolute Gasteiger partial charge is 0.227 e. The number of thiophene rings is 1. The van der Waals surface area contributed by atoms with Crippen molar-refractivity contribution < 1.29 is 4.42 Å². The van der Waals surface area contributed by atoms with Crippen LogP contribution in [-0.2, 0) is 0 Å². The van der Waals surface area contributed by atoms with E-state index in [1.807, 2.05) is 29.5 Å². The van der Waals surface area contributed by atoms with E-state index in [1.165, 1.54) is 36.5 Å². The average Bonchev–Trinajstić information content (AvgIpc) is 3.91. The Labute approximate surface area is 303 Å². The van der Waals surface area contributed by atoms with Crippen molar-refractivity contribution in [3.63, 3.8) is 0 Å². The van der Waals surface area contributed by atoms with Crippen LogP contribution in [0.5, 0.6) is 0 Å². The lowest BCUT2D eigenvalue weighted by atomic mass is 10.0. The van der Waals surface area contributed by atoms with Gasteiger partial charge >= 0.3 is 0 Å². The van der Waals surface area contributed by atoms with Gasteiger partial charge in [-0.1, -0.05) is 103 Å². The fraction of sp³-hybridized carbons (Fsp3) is 0. The Hall–Kier alpha value is -6.69. The second-order valence-electron chi connectivity index (χ2n) is 13.2. The minimum atomic E-state index is 0.604. The molecule has 0 spiro atoms. The van der Waals surface area contributed by atoms with Gasteiger partial charge in [-0.25, -0.2) is 4.98 Å². The molecular formula is C47H29N3OS. The van der Waals surface area contributed by atoms with Crippen LogP contribution in [0, 0.1) is 0 Å². The number of benzene rings is 8. The molecule has 0 amide bonds. The van der Waals surface area contributed by atoms with Gasteiger partial charge in [0.25, 0.3) is 0 Å². The van der Waals surface area contributed by atoms with Crippen molar-refractivity contribution in [3.8, 4) is 17.1 Å². The Bertz CT molecular complexity index is 3140. The topological polar surface area (TPSA) is 34.2 Å². The van der Waals surface area contributed by atoms with Crippen molar-refractivity contribution in [1.82, 2.24) is 9.55 Å². The number of hydrogen-bond donors (Lipinski definition) is 0. The quantitative estimate of drug-likeness (QED) is 0.181. The lowest BCUT2D eigenvalue weighted by molar-refractivity contribution is 0.623. The maximum Gasteiger partial charge on any atom is 0.227 e. The van der Waals surface area contributed by atoms with Crippen LogP contribution in [0.3, 0.4) is 0 Å². The molecule has 5 heteroatoms. The second kappa shape index (κ2) is 11.4. The predicted molar refractivity (Wildman–Crippen MR) is 219 cm³/mol. The van der Waals surface area contributed by atoms with Gasteiger partial charge in [-0.15, -0.1) is 11.3 Å². The normalized spacial score (nSPS) is 11.8. The van der Waals surface area contributed by atoms with Gasteiger partial charge < -0.3 is 13.9 Å². The van der Waals surface area contributed by atoms with E-state index in [0.29, 0.717) is 5.89 Å². The SMILES string of the molecule is c1ccc(-c2nc3c(N(c4ccc5sc6ccccc6c5c4)c4ccc5c6ccccc6n(-c6ccccc6)c5c4)cc4ccccc4c3o2)cc1. The molecule has 3 heterocycles. The fourth-order valence-electron chi connectivity index (χ4n) is 7.83. The summed E-state index contributed by atoms with van der Waals surface area (Å²) in [6.45, 7) is 0. The Balaban J connectivity index is 1.24. The average molecular weight is 684 g/mol. The molecule has 0 fully saturated rings. The predicted octanol–water partition coefficient (Wildman–Crippen LogP) is 13.6. The Morgan fingerprint density at radius 1 is 0.500 bits per heavy atom. The van der Waals surface area contributed by atoms with Crippen LogP contribution >= 0.6 is 11.3 Å². The molecule has 11 aromatic rings. The maximum atomic E-state index is 6.69. The zero-order valence-corrected chi connectivity index (χ0v) is 28.7.